The quantitative estimate of drug-likeness (QED) is 0.536. The number of aromatic amines is 1. The van der Waals surface area contributed by atoms with Gasteiger partial charge in [0.25, 0.3) is 5.56 Å². The van der Waals surface area contributed by atoms with Gasteiger partial charge in [-0.3, -0.25) is 4.79 Å². The standard InChI is InChI=1S/C23H23F3N2O5S/c1-32-17-9-8-15-11-16(22(29)27-20(15)12-17)13-28(14-18-5-4-10-33-18)34(30,31)21-7-3-2-6-19(21)23(24,25)26/h2-3,6-9,11-12,18H,4-5,10,13-14H2,1H3,(H,27,29)/t18-/m1/s1. The molecule has 4 rings (SSSR count). The molecule has 34 heavy (non-hydrogen) atoms. The minimum Gasteiger partial charge on any atom is -0.497 e. The molecule has 0 amide bonds. The molecule has 1 aliphatic rings. The second-order valence-electron chi connectivity index (χ2n) is 8.00. The van der Waals surface area contributed by atoms with E-state index >= 15 is 0 Å². The number of rotatable bonds is 7. The summed E-state index contributed by atoms with van der Waals surface area (Å²) in [6.07, 6.45) is -4.05. The Balaban J connectivity index is 1.77. The first-order chi connectivity index (χ1) is 16.1. The average Bonchev–Trinajstić information content (AvgIpc) is 3.31. The molecule has 2 aromatic carbocycles. The number of ether oxygens (including phenoxy) is 2. The van der Waals surface area contributed by atoms with Crippen LogP contribution in [0.1, 0.15) is 24.0 Å². The summed E-state index contributed by atoms with van der Waals surface area (Å²) in [7, 11) is -3.13. The molecule has 1 atom stereocenters. The van der Waals surface area contributed by atoms with Gasteiger partial charge in [-0.1, -0.05) is 12.1 Å². The van der Waals surface area contributed by atoms with Crippen LogP contribution in [0.15, 0.2) is 58.2 Å². The van der Waals surface area contributed by atoms with Gasteiger partial charge in [0, 0.05) is 31.3 Å². The summed E-state index contributed by atoms with van der Waals surface area (Å²) in [5.74, 6) is 0.530. The largest absolute Gasteiger partial charge is 0.497 e. The Labute approximate surface area is 194 Å². The first-order valence-corrected chi connectivity index (χ1v) is 12.0. The molecule has 1 aliphatic heterocycles. The fraction of sp³-hybridized carbons (Fsp3) is 0.348. The number of benzene rings is 2. The molecule has 182 valence electrons. The van der Waals surface area contributed by atoms with Crippen LogP contribution in [0.5, 0.6) is 5.75 Å². The predicted octanol–water partition coefficient (Wildman–Crippen LogP) is 3.93. The number of hydrogen-bond acceptors (Lipinski definition) is 5. The van der Waals surface area contributed by atoms with Gasteiger partial charge in [0.2, 0.25) is 10.0 Å². The van der Waals surface area contributed by atoms with E-state index in [-0.39, 0.29) is 12.1 Å². The van der Waals surface area contributed by atoms with Crippen molar-refractivity contribution in [3.05, 3.63) is 70.0 Å². The van der Waals surface area contributed by atoms with E-state index in [1.54, 1.807) is 18.2 Å². The zero-order valence-corrected chi connectivity index (χ0v) is 19.1. The van der Waals surface area contributed by atoms with E-state index in [4.69, 9.17) is 9.47 Å². The third-order valence-electron chi connectivity index (χ3n) is 5.72. The van der Waals surface area contributed by atoms with Gasteiger partial charge in [-0.2, -0.15) is 17.5 Å². The summed E-state index contributed by atoms with van der Waals surface area (Å²) in [5, 5.41) is 0.626. The number of nitrogens with one attached hydrogen (secondary N) is 1. The molecular weight excluding hydrogens is 473 g/mol. The first-order valence-electron chi connectivity index (χ1n) is 10.6. The van der Waals surface area contributed by atoms with Crippen LogP contribution < -0.4 is 10.3 Å². The number of alkyl halides is 3. The van der Waals surface area contributed by atoms with E-state index in [1.807, 2.05) is 0 Å². The Morgan fingerprint density at radius 2 is 1.94 bits per heavy atom. The minimum absolute atomic E-state index is 0.101. The van der Waals surface area contributed by atoms with Crippen LogP contribution >= 0.6 is 0 Å². The molecule has 3 aromatic rings. The van der Waals surface area contributed by atoms with Gasteiger partial charge in [-0.25, -0.2) is 8.42 Å². The molecule has 1 aromatic heterocycles. The number of hydrogen-bond donors (Lipinski definition) is 1. The van der Waals surface area contributed by atoms with Crippen LogP contribution in [0, 0.1) is 0 Å². The van der Waals surface area contributed by atoms with Gasteiger partial charge >= 0.3 is 6.18 Å². The number of aromatic nitrogens is 1. The summed E-state index contributed by atoms with van der Waals surface area (Å²) in [6, 6.07) is 10.6. The second-order valence-corrected chi connectivity index (χ2v) is 9.91. The number of pyridine rings is 1. The lowest BCUT2D eigenvalue weighted by Crippen LogP contribution is -2.39. The number of H-pyrrole nitrogens is 1. The van der Waals surface area contributed by atoms with E-state index in [0.717, 1.165) is 28.9 Å². The maximum absolute atomic E-state index is 13.6. The van der Waals surface area contributed by atoms with Crippen molar-refractivity contribution in [2.45, 2.75) is 36.6 Å². The molecule has 0 radical (unpaired) electrons. The van der Waals surface area contributed by atoms with Gasteiger partial charge in [0.15, 0.2) is 0 Å². The summed E-state index contributed by atoms with van der Waals surface area (Å²) in [6.45, 7) is -0.142. The Bertz CT molecular complexity index is 1350. The molecule has 0 spiro atoms. The lowest BCUT2D eigenvalue weighted by molar-refractivity contribution is -0.139. The van der Waals surface area contributed by atoms with Crippen LogP contribution in [0.4, 0.5) is 13.2 Å². The molecule has 1 fully saturated rings. The summed E-state index contributed by atoms with van der Waals surface area (Å²) in [4.78, 5) is 14.6. The highest BCUT2D eigenvalue weighted by molar-refractivity contribution is 7.89. The normalized spacial score (nSPS) is 16.9. The highest BCUT2D eigenvalue weighted by atomic mass is 32.2. The van der Waals surface area contributed by atoms with E-state index in [2.05, 4.69) is 4.98 Å². The third-order valence-corrected chi connectivity index (χ3v) is 7.59. The second kappa shape index (κ2) is 9.40. The highest BCUT2D eigenvalue weighted by Gasteiger charge is 2.39. The molecule has 0 unspecified atom stereocenters. The average molecular weight is 497 g/mol. The molecule has 1 saturated heterocycles. The predicted molar refractivity (Wildman–Crippen MR) is 119 cm³/mol. The van der Waals surface area contributed by atoms with E-state index in [0.29, 0.717) is 29.7 Å². The number of nitrogens with zero attached hydrogens (tertiary/aromatic N) is 1. The maximum Gasteiger partial charge on any atom is 0.417 e. The fourth-order valence-electron chi connectivity index (χ4n) is 3.99. The van der Waals surface area contributed by atoms with Crippen molar-refractivity contribution >= 4 is 20.9 Å². The van der Waals surface area contributed by atoms with Gasteiger partial charge in [0.05, 0.1) is 29.2 Å². The molecule has 0 bridgehead atoms. The summed E-state index contributed by atoms with van der Waals surface area (Å²) < 4.78 is 79.4. The van der Waals surface area contributed by atoms with Crippen molar-refractivity contribution in [1.29, 1.82) is 0 Å². The highest BCUT2D eigenvalue weighted by Crippen LogP contribution is 2.35. The topological polar surface area (TPSA) is 88.7 Å². The molecular formula is C23H23F3N2O5S. The van der Waals surface area contributed by atoms with Crippen molar-refractivity contribution in [2.24, 2.45) is 0 Å². The molecule has 7 nitrogen and oxygen atoms in total. The van der Waals surface area contributed by atoms with Crippen molar-refractivity contribution in [1.82, 2.24) is 9.29 Å². The third kappa shape index (κ3) is 4.96. The maximum atomic E-state index is 13.6. The lowest BCUT2D eigenvalue weighted by atomic mass is 10.1. The van der Waals surface area contributed by atoms with Crippen molar-refractivity contribution < 1.29 is 31.1 Å². The molecule has 2 heterocycles. The van der Waals surface area contributed by atoms with Gasteiger partial charge in [-0.05, 0) is 48.6 Å². The van der Waals surface area contributed by atoms with Crippen LogP contribution in [0.2, 0.25) is 0 Å². The number of methoxy groups -OCH3 is 1. The van der Waals surface area contributed by atoms with Gasteiger partial charge in [0.1, 0.15) is 5.75 Å². The number of sulfonamides is 1. The SMILES string of the molecule is COc1ccc2cc(CN(C[C@H]3CCCO3)S(=O)(=O)c3ccccc3C(F)(F)F)c(=O)[nH]c2c1. The van der Waals surface area contributed by atoms with E-state index in [1.165, 1.54) is 19.2 Å². The zero-order chi connectivity index (χ0) is 24.5. The molecule has 0 saturated carbocycles. The van der Waals surface area contributed by atoms with Crippen molar-refractivity contribution in [3.8, 4) is 5.75 Å². The van der Waals surface area contributed by atoms with E-state index < -0.39 is 44.9 Å². The zero-order valence-electron chi connectivity index (χ0n) is 18.3. The number of fused-ring (bicyclic) bond motifs is 1. The van der Waals surface area contributed by atoms with Crippen LogP contribution in [0.25, 0.3) is 10.9 Å². The Kier molecular flexibility index (Phi) is 6.70. The van der Waals surface area contributed by atoms with Crippen molar-refractivity contribution in [2.75, 3.05) is 20.3 Å². The summed E-state index contributed by atoms with van der Waals surface area (Å²) in [5.41, 5.74) is -1.21. The molecule has 0 aliphatic carbocycles. The Morgan fingerprint density at radius 3 is 2.62 bits per heavy atom. The smallest absolute Gasteiger partial charge is 0.417 e. The van der Waals surface area contributed by atoms with Gasteiger partial charge in [-0.15, -0.1) is 0 Å². The van der Waals surface area contributed by atoms with E-state index in [9.17, 15) is 26.4 Å². The molecule has 11 heteroatoms. The Hall–Kier alpha value is -2.89. The van der Waals surface area contributed by atoms with Crippen LogP contribution in [-0.4, -0.2) is 44.1 Å². The summed E-state index contributed by atoms with van der Waals surface area (Å²) >= 11 is 0. The monoisotopic (exact) mass is 496 g/mol. The minimum atomic E-state index is -4.86. The Morgan fingerprint density at radius 1 is 1.18 bits per heavy atom. The first kappa shape index (κ1) is 24.2. The number of halogens is 3. The van der Waals surface area contributed by atoms with Crippen LogP contribution in [0.3, 0.4) is 0 Å². The van der Waals surface area contributed by atoms with Gasteiger partial charge < -0.3 is 14.5 Å². The van der Waals surface area contributed by atoms with Crippen molar-refractivity contribution in [3.63, 3.8) is 0 Å². The fourth-order valence-corrected chi connectivity index (χ4v) is 5.65. The lowest BCUT2D eigenvalue weighted by Gasteiger charge is -2.26. The molecule has 1 N–H and O–H groups in total. The van der Waals surface area contributed by atoms with Crippen LogP contribution in [-0.2, 0) is 27.5 Å².